The minimum atomic E-state index is -0.630. The molecule has 7 nitrogen and oxygen atoms in total. The Balaban J connectivity index is 1.29. The molecule has 0 spiro atoms. The van der Waals surface area contributed by atoms with Crippen molar-refractivity contribution in [1.82, 2.24) is 0 Å². The number of carbonyl (C=O) groups is 4. The van der Waals surface area contributed by atoms with Crippen LogP contribution in [0.2, 0.25) is 5.02 Å². The molecule has 2 aliphatic heterocycles. The summed E-state index contributed by atoms with van der Waals surface area (Å²) in [5, 5.41) is 0.508. The zero-order valence-corrected chi connectivity index (χ0v) is 19.5. The van der Waals surface area contributed by atoms with Crippen LogP contribution in [0, 0.1) is 23.7 Å². The summed E-state index contributed by atoms with van der Waals surface area (Å²) in [4.78, 5) is 54.1. The Morgan fingerprint density at radius 1 is 0.971 bits per heavy atom. The van der Waals surface area contributed by atoms with Crippen molar-refractivity contribution in [3.8, 4) is 5.75 Å². The molecule has 2 saturated heterocycles. The average Bonchev–Trinajstić information content (AvgIpc) is 3.31. The number of nitrogens with zero attached hydrogens (tertiary/aromatic N) is 2. The molecule has 176 valence electrons. The number of amides is 3. The zero-order chi connectivity index (χ0) is 24.0. The molecule has 0 aromatic heterocycles. The van der Waals surface area contributed by atoms with Gasteiger partial charge in [0.2, 0.25) is 17.7 Å². The summed E-state index contributed by atoms with van der Waals surface area (Å²) in [6.07, 6.45) is 2.42. The van der Waals surface area contributed by atoms with Crippen molar-refractivity contribution in [2.45, 2.75) is 32.6 Å². The summed E-state index contributed by atoms with van der Waals surface area (Å²) in [5.41, 5.74) is 1.04. The normalized spacial score (nSPS) is 26.7. The quantitative estimate of drug-likeness (QED) is 0.371. The largest absolute Gasteiger partial charge is 0.426 e. The average molecular weight is 481 g/mol. The molecule has 34 heavy (non-hydrogen) atoms. The second kappa shape index (κ2) is 8.87. The molecule has 3 amide bonds. The van der Waals surface area contributed by atoms with Gasteiger partial charge in [-0.15, -0.1) is 0 Å². The van der Waals surface area contributed by atoms with Crippen LogP contribution in [0.5, 0.6) is 5.75 Å². The number of ether oxygens (including phenoxy) is 1. The zero-order valence-electron chi connectivity index (χ0n) is 18.8. The molecule has 0 bridgehead atoms. The van der Waals surface area contributed by atoms with Crippen molar-refractivity contribution in [3.05, 3.63) is 53.6 Å². The number of hydrogen-bond acceptors (Lipinski definition) is 5. The third-order valence-electron chi connectivity index (χ3n) is 7.06. The van der Waals surface area contributed by atoms with E-state index in [0.717, 1.165) is 19.3 Å². The standard InChI is InChI=1S/C26H25ClN2O5/c1-15-8-9-21-22(10-15)25(32)29(24(21)31)19-6-3-7-20(13-19)34-26(33)16-11-23(30)28(14-16)18-5-2-4-17(27)12-18/h2-7,12-13,15-16,21-22H,8-11,14H2,1H3/t15-,16-,21+,22-/m1/s1. The van der Waals surface area contributed by atoms with E-state index < -0.39 is 11.9 Å². The van der Waals surface area contributed by atoms with E-state index in [4.69, 9.17) is 16.3 Å². The van der Waals surface area contributed by atoms with Gasteiger partial charge in [0.25, 0.3) is 0 Å². The van der Waals surface area contributed by atoms with E-state index in [-0.39, 0.29) is 48.3 Å². The van der Waals surface area contributed by atoms with Crippen LogP contribution in [0.4, 0.5) is 11.4 Å². The van der Waals surface area contributed by atoms with E-state index in [0.29, 0.717) is 22.3 Å². The van der Waals surface area contributed by atoms with Gasteiger partial charge in [-0.1, -0.05) is 30.7 Å². The third-order valence-corrected chi connectivity index (χ3v) is 7.30. The number of anilines is 2. The Bertz CT molecular complexity index is 1180. The monoisotopic (exact) mass is 480 g/mol. The van der Waals surface area contributed by atoms with Gasteiger partial charge in [0.1, 0.15) is 5.75 Å². The number of halogens is 1. The number of imide groups is 1. The number of rotatable bonds is 4. The molecule has 4 atom stereocenters. The molecule has 1 saturated carbocycles. The van der Waals surface area contributed by atoms with Crippen LogP contribution in [0.25, 0.3) is 0 Å². The first-order valence-electron chi connectivity index (χ1n) is 11.6. The van der Waals surface area contributed by atoms with Crippen LogP contribution in [0.1, 0.15) is 32.6 Å². The van der Waals surface area contributed by atoms with Gasteiger partial charge in [-0.25, -0.2) is 4.90 Å². The fourth-order valence-electron chi connectivity index (χ4n) is 5.29. The van der Waals surface area contributed by atoms with Crippen molar-refractivity contribution in [2.75, 3.05) is 16.3 Å². The first kappa shape index (κ1) is 22.6. The van der Waals surface area contributed by atoms with Crippen molar-refractivity contribution in [1.29, 1.82) is 0 Å². The highest BCUT2D eigenvalue weighted by atomic mass is 35.5. The fraction of sp³-hybridized carbons (Fsp3) is 0.385. The Morgan fingerprint density at radius 3 is 2.50 bits per heavy atom. The molecule has 0 radical (unpaired) electrons. The molecular formula is C26H25ClN2O5. The molecule has 0 unspecified atom stereocenters. The van der Waals surface area contributed by atoms with Crippen LogP contribution in [0.15, 0.2) is 48.5 Å². The number of carbonyl (C=O) groups excluding carboxylic acids is 4. The van der Waals surface area contributed by atoms with Gasteiger partial charge < -0.3 is 9.64 Å². The Labute approximate surface area is 202 Å². The van der Waals surface area contributed by atoms with E-state index in [1.807, 2.05) is 0 Å². The summed E-state index contributed by atoms with van der Waals surface area (Å²) in [6, 6.07) is 13.4. The first-order chi connectivity index (χ1) is 16.3. The van der Waals surface area contributed by atoms with Crippen molar-refractivity contribution < 1.29 is 23.9 Å². The van der Waals surface area contributed by atoms with Crippen LogP contribution in [0.3, 0.4) is 0 Å². The molecule has 3 fully saturated rings. The van der Waals surface area contributed by atoms with Gasteiger partial charge in [0.15, 0.2) is 0 Å². The van der Waals surface area contributed by atoms with E-state index in [1.54, 1.807) is 48.5 Å². The molecule has 3 aliphatic rings. The lowest BCUT2D eigenvalue weighted by molar-refractivity contribution is -0.139. The number of hydrogen-bond donors (Lipinski definition) is 0. The van der Waals surface area contributed by atoms with E-state index in [2.05, 4.69) is 6.92 Å². The molecule has 2 aromatic carbocycles. The van der Waals surface area contributed by atoms with Gasteiger partial charge in [0.05, 0.1) is 23.4 Å². The van der Waals surface area contributed by atoms with Crippen molar-refractivity contribution in [3.63, 3.8) is 0 Å². The molecule has 8 heteroatoms. The summed E-state index contributed by atoms with van der Waals surface area (Å²) < 4.78 is 5.57. The summed E-state index contributed by atoms with van der Waals surface area (Å²) in [5.74, 6) is -1.58. The minimum absolute atomic E-state index is 0.0374. The SMILES string of the molecule is C[C@@H]1CC[C@@H]2C(=O)N(c3cccc(OC(=O)[C@@H]4CC(=O)N(c5cccc(Cl)c5)C4)c3)C(=O)[C@@H]2C1. The van der Waals surface area contributed by atoms with Crippen molar-refractivity contribution in [2.24, 2.45) is 23.7 Å². The summed E-state index contributed by atoms with van der Waals surface area (Å²) in [6.45, 7) is 2.31. The maximum absolute atomic E-state index is 13.0. The van der Waals surface area contributed by atoms with Gasteiger partial charge in [-0.05, 0) is 55.5 Å². The highest BCUT2D eigenvalue weighted by molar-refractivity contribution is 6.31. The molecule has 1 aliphatic carbocycles. The highest BCUT2D eigenvalue weighted by Crippen LogP contribution is 2.42. The topological polar surface area (TPSA) is 84.0 Å². The number of fused-ring (bicyclic) bond motifs is 1. The fourth-order valence-corrected chi connectivity index (χ4v) is 5.47. The predicted molar refractivity (Wildman–Crippen MR) is 126 cm³/mol. The Morgan fingerprint density at radius 2 is 1.71 bits per heavy atom. The van der Waals surface area contributed by atoms with Crippen LogP contribution in [-0.2, 0) is 19.2 Å². The molecule has 2 heterocycles. The van der Waals surface area contributed by atoms with Gasteiger partial charge >= 0.3 is 5.97 Å². The predicted octanol–water partition coefficient (Wildman–Crippen LogP) is 4.22. The van der Waals surface area contributed by atoms with Crippen molar-refractivity contribution >= 4 is 46.7 Å². The first-order valence-corrected chi connectivity index (χ1v) is 11.9. The lowest BCUT2D eigenvalue weighted by atomic mass is 9.76. The summed E-state index contributed by atoms with van der Waals surface area (Å²) in [7, 11) is 0. The van der Waals surface area contributed by atoms with Crippen LogP contribution in [-0.4, -0.2) is 30.2 Å². The highest BCUT2D eigenvalue weighted by Gasteiger charge is 2.50. The summed E-state index contributed by atoms with van der Waals surface area (Å²) >= 11 is 6.03. The maximum atomic E-state index is 13.0. The Kier molecular flexibility index (Phi) is 5.90. The number of benzene rings is 2. The third kappa shape index (κ3) is 4.09. The minimum Gasteiger partial charge on any atom is -0.426 e. The second-order valence-electron chi connectivity index (χ2n) is 9.45. The molecule has 2 aromatic rings. The maximum Gasteiger partial charge on any atom is 0.316 e. The molecule has 0 N–H and O–H groups in total. The van der Waals surface area contributed by atoms with E-state index >= 15 is 0 Å². The molecule has 5 rings (SSSR count). The Hall–Kier alpha value is -3.19. The smallest absolute Gasteiger partial charge is 0.316 e. The van der Waals surface area contributed by atoms with Crippen LogP contribution < -0.4 is 14.5 Å². The lowest BCUT2D eigenvalue weighted by Gasteiger charge is -2.25. The number of esters is 1. The molecular weight excluding hydrogens is 456 g/mol. The van der Waals surface area contributed by atoms with Gasteiger partial charge in [0, 0.05) is 29.7 Å². The van der Waals surface area contributed by atoms with E-state index in [1.165, 1.54) is 9.80 Å². The van der Waals surface area contributed by atoms with Gasteiger partial charge in [-0.3, -0.25) is 19.2 Å². The lowest BCUT2D eigenvalue weighted by Crippen LogP contribution is -2.31. The van der Waals surface area contributed by atoms with Gasteiger partial charge in [-0.2, -0.15) is 0 Å². The second-order valence-corrected chi connectivity index (χ2v) is 9.88. The van der Waals surface area contributed by atoms with Crippen LogP contribution >= 0.6 is 11.6 Å². The van der Waals surface area contributed by atoms with E-state index in [9.17, 15) is 19.2 Å².